The summed E-state index contributed by atoms with van der Waals surface area (Å²) in [4.78, 5) is 10.2. The van der Waals surface area contributed by atoms with Gasteiger partial charge in [-0.2, -0.15) is 0 Å². The monoisotopic (exact) mass is 222 g/mol. The summed E-state index contributed by atoms with van der Waals surface area (Å²) < 4.78 is 0. The average molecular weight is 222 g/mol. The lowest BCUT2D eigenvalue weighted by Gasteiger charge is -2.07. The number of nitrogens with zero attached hydrogens (tertiary/aromatic N) is 1. The second kappa shape index (κ2) is 6.10. The summed E-state index contributed by atoms with van der Waals surface area (Å²) in [6, 6.07) is 6.61. The number of nitro benzene ring substituents is 1. The van der Waals surface area contributed by atoms with Crippen LogP contribution in [0, 0.1) is 16.0 Å². The van der Waals surface area contributed by atoms with Crippen LogP contribution in [0.15, 0.2) is 24.3 Å². The van der Waals surface area contributed by atoms with Gasteiger partial charge in [0.05, 0.1) is 4.92 Å². The van der Waals surface area contributed by atoms with Crippen molar-refractivity contribution in [1.29, 1.82) is 0 Å². The standard InChI is InChI=1S/C12H18N2O2/c1-10(2)5-4-8-13-11-6-3-7-12(9-11)14(15)16/h3,6-7,9-10,13H,4-5,8H2,1-2H3. The number of nitrogens with one attached hydrogen (secondary N) is 1. The van der Waals surface area contributed by atoms with Crippen LogP contribution < -0.4 is 5.32 Å². The van der Waals surface area contributed by atoms with Crippen molar-refractivity contribution in [3.8, 4) is 0 Å². The highest BCUT2D eigenvalue weighted by atomic mass is 16.6. The van der Waals surface area contributed by atoms with Gasteiger partial charge in [-0.15, -0.1) is 0 Å². The molecule has 1 aromatic rings. The molecule has 16 heavy (non-hydrogen) atoms. The number of hydrogen-bond acceptors (Lipinski definition) is 3. The average Bonchev–Trinajstić information content (AvgIpc) is 2.24. The summed E-state index contributed by atoms with van der Waals surface area (Å²) >= 11 is 0. The second-order valence-electron chi connectivity index (χ2n) is 4.27. The molecule has 0 aliphatic heterocycles. The van der Waals surface area contributed by atoms with Crippen molar-refractivity contribution in [2.75, 3.05) is 11.9 Å². The van der Waals surface area contributed by atoms with Crippen LogP contribution in [0.1, 0.15) is 26.7 Å². The molecular formula is C12H18N2O2. The molecule has 88 valence electrons. The molecule has 1 aromatic carbocycles. The molecule has 0 amide bonds. The van der Waals surface area contributed by atoms with Crippen LogP contribution in [0.5, 0.6) is 0 Å². The minimum Gasteiger partial charge on any atom is -0.385 e. The molecule has 1 rings (SSSR count). The minimum atomic E-state index is -0.376. The summed E-state index contributed by atoms with van der Waals surface area (Å²) in [7, 11) is 0. The van der Waals surface area contributed by atoms with Gasteiger partial charge in [0.2, 0.25) is 0 Å². The first-order valence-electron chi connectivity index (χ1n) is 5.58. The van der Waals surface area contributed by atoms with Gasteiger partial charge in [-0.25, -0.2) is 0 Å². The molecule has 0 radical (unpaired) electrons. The number of non-ortho nitro benzene ring substituents is 1. The van der Waals surface area contributed by atoms with E-state index in [4.69, 9.17) is 0 Å². The molecular weight excluding hydrogens is 204 g/mol. The zero-order valence-electron chi connectivity index (χ0n) is 9.77. The molecule has 0 unspecified atom stereocenters. The largest absolute Gasteiger partial charge is 0.385 e. The molecule has 0 saturated heterocycles. The molecule has 0 atom stereocenters. The fourth-order valence-electron chi connectivity index (χ4n) is 1.47. The van der Waals surface area contributed by atoms with E-state index >= 15 is 0 Å². The van der Waals surface area contributed by atoms with E-state index in [1.54, 1.807) is 12.1 Å². The van der Waals surface area contributed by atoms with Crippen molar-refractivity contribution >= 4 is 11.4 Å². The van der Waals surface area contributed by atoms with Gasteiger partial charge in [0, 0.05) is 24.4 Å². The predicted octanol–water partition coefficient (Wildman–Crippen LogP) is 3.44. The summed E-state index contributed by atoms with van der Waals surface area (Å²) in [6.45, 7) is 5.24. The third kappa shape index (κ3) is 4.29. The molecule has 0 aromatic heterocycles. The Labute approximate surface area is 95.8 Å². The molecule has 4 nitrogen and oxygen atoms in total. The fourth-order valence-corrected chi connectivity index (χ4v) is 1.47. The lowest BCUT2D eigenvalue weighted by Crippen LogP contribution is -2.03. The van der Waals surface area contributed by atoms with Crippen LogP contribution >= 0.6 is 0 Å². The topological polar surface area (TPSA) is 55.2 Å². The number of benzene rings is 1. The number of nitro groups is 1. The minimum absolute atomic E-state index is 0.133. The van der Waals surface area contributed by atoms with E-state index in [0.717, 1.165) is 18.7 Å². The first kappa shape index (κ1) is 12.5. The number of anilines is 1. The van der Waals surface area contributed by atoms with E-state index in [2.05, 4.69) is 19.2 Å². The van der Waals surface area contributed by atoms with Gasteiger partial charge in [0.1, 0.15) is 0 Å². The van der Waals surface area contributed by atoms with E-state index in [1.165, 1.54) is 12.5 Å². The van der Waals surface area contributed by atoms with E-state index in [1.807, 2.05) is 6.07 Å². The Balaban J connectivity index is 2.42. The Hall–Kier alpha value is -1.58. The highest BCUT2D eigenvalue weighted by Gasteiger charge is 2.04. The molecule has 0 fully saturated rings. The molecule has 0 spiro atoms. The molecule has 0 heterocycles. The van der Waals surface area contributed by atoms with Crippen molar-refractivity contribution in [2.24, 2.45) is 5.92 Å². The van der Waals surface area contributed by atoms with E-state index in [0.29, 0.717) is 5.92 Å². The first-order valence-corrected chi connectivity index (χ1v) is 5.58. The number of rotatable bonds is 6. The molecule has 0 aliphatic rings. The summed E-state index contributed by atoms with van der Waals surface area (Å²) in [6.07, 6.45) is 2.25. The normalized spacial score (nSPS) is 10.4. The second-order valence-corrected chi connectivity index (χ2v) is 4.27. The van der Waals surface area contributed by atoms with Gasteiger partial charge in [0.25, 0.3) is 5.69 Å². The van der Waals surface area contributed by atoms with Crippen LogP contribution in [-0.2, 0) is 0 Å². The lowest BCUT2D eigenvalue weighted by molar-refractivity contribution is -0.384. The third-order valence-corrected chi connectivity index (χ3v) is 2.34. The zero-order valence-corrected chi connectivity index (χ0v) is 9.77. The van der Waals surface area contributed by atoms with Crippen molar-refractivity contribution < 1.29 is 4.92 Å². The Kier molecular flexibility index (Phi) is 4.76. The van der Waals surface area contributed by atoms with Crippen LogP contribution in [0.2, 0.25) is 0 Å². The Morgan fingerprint density at radius 2 is 2.19 bits per heavy atom. The maximum atomic E-state index is 10.6. The van der Waals surface area contributed by atoms with Gasteiger partial charge in [-0.05, 0) is 24.8 Å². The molecule has 0 bridgehead atoms. The maximum Gasteiger partial charge on any atom is 0.271 e. The van der Waals surface area contributed by atoms with E-state index < -0.39 is 0 Å². The summed E-state index contributed by atoms with van der Waals surface area (Å²) in [5.74, 6) is 0.701. The highest BCUT2D eigenvalue weighted by molar-refractivity contribution is 5.50. The molecule has 1 N–H and O–H groups in total. The van der Waals surface area contributed by atoms with Gasteiger partial charge in [-0.3, -0.25) is 10.1 Å². The molecule has 0 aliphatic carbocycles. The molecule has 4 heteroatoms. The van der Waals surface area contributed by atoms with E-state index in [-0.39, 0.29) is 10.6 Å². The van der Waals surface area contributed by atoms with Gasteiger partial charge < -0.3 is 5.32 Å². The SMILES string of the molecule is CC(C)CCCNc1cccc([N+](=O)[O-])c1. The van der Waals surface area contributed by atoms with Gasteiger partial charge in [-0.1, -0.05) is 19.9 Å². The molecule has 0 saturated carbocycles. The fraction of sp³-hybridized carbons (Fsp3) is 0.500. The summed E-state index contributed by atoms with van der Waals surface area (Å²) in [5.41, 5.74) is 0.951. The first-order chi connectivity index (χ1) is 7.59. The lowest BCUT2D eigenvalue weighted by atomic mass is 10.1. The predicted molar refractivity (Wildman–Crippen MR) is 65.7 cm³/mol. The van der Waals surface area contributed by atoms with Gasteiger partial charge >= 0.3 is 0 Å². The van der Waals surface area contributed by atoms with Crippen molar-refractivity contribution in [1.82, 2.24) is 0 Å². The quantitative estimate of drug-likeness (QED) is 0.455. The maximum absolute atomic E-state index is 10.6. The van der Waals surface area contributed by atoms with Crippen molar-refractivity contribution in [3.05, 3.63) is 34.4 Å². The van der Waals surface area contributed by atoms with E-state index in [9.17, 15) is 10.1 Å². The van der Waals surface area contributed by atoms with Gasteiger partial charge in [0.15, 0.2) is 0 Å². The van der Waals surface area contributed by atoms with Crippen molar-refractivity contribution in [2.45, 2.75) is 26.7 Å². The van der Waals surface area contributed by atoms with Crippen molar-refractivity contribution in [3.63, 3.8) is 0 Å². The van der Waals surface area contributed by atoms with Crippen LogP contribution in [0.4, 0.5) is 11.4 Å². The summed E-state index contributed by atoms with van der Waals surface area (Å²) in [5, 5.41) is 13.7. The Morgan fingerprint density at radius 1 is 1.44 bits per heavy atom. The Bertz CT molecular complexity index is 351. The van der Waals surface area contributed by atoms with Crippen LogP contribution in [-0.4, -0.2) is 11.5 Å². The third-order valence-electron chi connectivity index (χ3n) is 2.34. The van der Waals surface area contributed by atoms with Crippen LogP contribution in [0.25, 0.3) is 0 Å². The highest BCUT2D eigenvalue weighted by Crippen LogP contribution is 2.17. The number of hydrogen-bond donors (Lipinski definition) is 1. The van der Waals surface area contributed by atoms with Crippen LogP contribution in [0.3, 0.4) is 0 Å². The smallest absolute Gasteiger partial charge is 0.271 e. The zero-order chi connectivity index (χ0) is 12.0. The Morgan fingerprint density at radius 3 is 2.81 bits per heavy atom.